The van der Waals surface area contributed by atoms with Crippen molar-refractivity contribution in [2.45, 2.75) is 37.4 Å². The third kappa shape index (κ3) is 6.69. The van der Waals surface area contributed by atoms with Crippen molar-refractivity contribution in [1.82, 2.24) is 14.0 Å². The van der Waals surface area contributed by atoms with Gasteiger partial charge in [-0.3, -0.25) is 9.59 Å². The van der Waals surface area contributed by atoms with Crippen molar-refractivity contribution in [1.29, 1.82) is 0 Å². The van der Waals surface area contributed by atoms with Crippen molar-refractivity contribution in [3.05, 3.63) is 96.3 Å². The standard InChI is InChI=1S/C32H33N3O7S/c1-22-20-34(21-23(2)42-22)43(39,40)27-14-8-12-25(18-27)32(38)41-17-9-15-33-31(37)30(36)29-28(24-10-4-3-5-11-24)19-26-13-6-7-16-35(26)29/h3-8,10-14,16,18-19,22-23H,9,15,17,20-21H2,1-2H3,(H,33,37)/t22-,23+. The number of esters is 1. The number of ether oxygens (including phenoxy) is 2. The second-order valence-corrected chi connectivity index (χ2v) is 12.4. The molecule has 4 aromatic rings. The van der Waals surface area contributed by atoms with E-state index in [-0.39, 0.29) is 61.0 Å². The summed E-state index contributed by atoms with van der Waals surface area (Å²) in [5.41, 5.74) is 2.63. The van der Waals surface area contributed by atoms with Gasteiger partial charge in [-0.05, 0) is 62.2 Å². The van der Waals surface area contributed by atoms with Crippen LogP contribution in [0.2, 0.25) is 0 Å². The molecule has 2 aromatic carbocycles. The summed E-state index contributed by atoms with van der Waals surface area (Å²) in [7, 11) is -3.82. The van der Waals surface area contributed by atoms with Crippen LogP contribution in [0.5, 0.6) is 0 Å². The Morgan fingerprint density at radius 2 is 1.65 bits per heavy atom. The lowest BCUT2D eigenvalue weighted by Gasteiger charge is -2.34. The van der Waals surface area contributed by atoms with Gasteiger partial charge in [-0.1, -0.05) is 42.5 Å². The van der Waals surface area contributed by atoms with Crippen LogP contribution in [0.15, 0.2) is 90.0 Å². The third-order valence-corrected chi connectivity index (χ3v) is 8.95. The molecule has 1 aliphatic rings. The highest BCUT2D eigenvalue weighted by Gasteiger charge is 2.32. The monoisotopic (exact) mass is 603 g/mol. The Hall–Kier alpha value is -4.32. The fraction of sp³-hybridized carbons (Fsp3) is 0.281. The molecule has 0 spiro atoms. The van der Waals surface area contributed by atoms with Gasteiger partial charge in [0.1, 0.15) is 5.69 Å². The first-order valence-corrected chi connectivity index (χ1v) is 15.5. The van der Waals surface area contributed by atoms with Gasteiger partial charge in [-0.25, -0.2) is 13.2 Å². The molecule has 1 fully saturated rings. The minimum atomic E-state index is -3.82. The van der Waals surface area contributed by atoms with E-state index in [0.29, 0.717) is 5.56 Å². The largest absolute Gasteiger partial charge is 0.462 e. The number of pyridine rings is 1. The van der Waals surface area contributed by atoms with Gasteiger partial charge in [0.15, 0.2) is 0 Å². The highest BCUT2D eigenvalue weighted by atomic mass is 32.2. The maximum Gasteiger partial charge on any atom is 0.338 e. The first-order valence-electron chi connectivity index (χ1n) is 14.1. The molecule has 1 amide bonds. The van der Waals surface area contributed by atoms with E-state index in [2.05, 4.69) is 5.32 Å². The molecule has 224 valence electrons. The molecule has 2 aromatic heterocycles. The Labute approximate surface area is 250 Å². The zero-order valence-corrected chi connectivity index (χ0v) is 24.8. The van der Waals surface area contributed by atoms with Crippen LogP contribution >= 0.6 is 0 Å². The van der Waals surface area contributed by atoms with E-state index in [1.807, 2.05) is 62.4 Å². The van der Waals surface area contributed by atoms with Crippen LogP contribution in [0.3, 0.4) is 0 Å². The first-order chi connectivity index (χ1) is 20.6. The maximum atomic E-state index is 13.3. The fourth-order valence-electron chi connectivity index (χ4n) is 5.16. The molecular formula is C32H33N3O7S. The summed E-state index contributed by atoms with van der Waals surface area (Å²) in [5, 5.41) is 2.61. The Morgan fingerprint density at radius 3 is 2.40 bits per heavy atom. The van der Waals surface area contributed by atoms with Crippen molar-refractivity contribution in [2.24, 2.45) is 0 Å². The van der Waals surface area contributed by atoms with Crippen molar-refractivity contribution < 1.29 is 32.3 Å². The predicted molar refractivity (Wildman–Crippen MR) is 160 cm³/mol. The number of hydrogen-bond acceptors (Lipinski definition) is 7. The summed E-state index contributed by atoms with van der Waals surface area (Å²) >= 11 is 0. The molecule has 10 nitrogen and oxygen atoms in total. The molecule has 1 aliphatic heterocycles. The molecular weight excluding hydrogens is 570 g/mol. The molecule has 5 rings (SSSR count). The number of Topliss-reactive ketones (excluding diaryl/α,β-unsaturated/α-hetero) is 1. The number of aromatic nitrogens is 1. The highest BCUT2D eigenvalue weighted by Crippen LogP contribution is 2.28. The number of sulfonamides is 1. The number of morpholine rings is 1. The smallest absolute Gasteiger partial charge is 0.338 e. The van der Waals surface area contributed by atoms with Crippen LogP contribution in [0.4, 0.5) is 0 Å². The van der Waals surface area contributed by atoms with Gasteiger partial charge in [0, 0.05) is 36.9 Å². The van der Waals surface area contributed by atoms with E-state index in [1.165, 1.54) is 28.6 Å². The lowest BCUT2D eigenvalue weighted by molar-refractivity contribution is -0.117. The second kappa shape index (κ2) is 12.9. The summed E-state index contributed by atoms with van der Waals surface area (Å²) in [6.07, 6.45) is 1.52. The number of benzene rings is 2. The Kier molecular flexibility index (Phi) is 9.05. The second-order valence-electron chi connectivity index (χ2n) is 10.4. The van der Waals surface area contributed by atoms with Crippen molar-refractivity contribution in [3.63, 3.8) is 0 Å². The maximum absolute atomic E-state index is 13.3. The molecule has 0 bridgehead atoms. The average Bonchev–Trinajstić information content (AvgIpc) is 3.40. The molecule has 3 heterocycles. The lowest BCUT2D eigenvalue weighted by atomic mass is 10.0. The fourth-order valence-corrected chi connectivity index (χ4v) is 6.80. The number of rotatable bonds is 10. The zero-order chi connectivity index (χ0) is 30.6. The van der Waals surface area contributed by atoms with E-state index in [9.17, 15) is 22.8 Å². The minimum absolute atomic E-state index is 0.00167. The molecule has 0 unspecified atom stereocenters. The number of amides is 1. The quantitative estimate of drug-likeness (QED) is 0.126. The van der Waals surface area contributed by atoms with Crippen LogP contribution in [0.25, 0.3) is 16.6 Å². The van der Waals surface area contributed by atoms with Crippen molar-refractivity contribution in [3.8, 4) is 11.1 Å². The Morgan fingerprint density at radius 1 is 0.930 bits per heavy atom. The van der Waals surface area contributed by atoms with Crippen molar-refractivity contribution >= 4 is 33.2 Å². The molecule has 1 saturated heterocycles. The number of fused-ring (bicyclic) bond motifs is 1. The molecule has 0 saturated carbocycles. The molecule has 1 N–H and O–H groups in total. The van der Waals surface area contributed by atoms with Gasteiger partial charge in [-0.2, -0.15) is 4.31 Å². The van der Waals surface area contributed by atoms with E-state index >= 15 is 0 Å². The zero-order valence-electron chi connectivity index (χ0n) is 23.9. The highest BCUT2D eigenvalue weighted by molar-refractivity contribution is 7.89. The van der Waals surface area contributed by atoms with E-state index in [1.54, 1.807) is 16.7 Å². The molecule has 11 heteroatoms. The predicted octanol–water partition coefficient (Wildman–Crippen LogP) is 3.95. The van der Waals surface area contributed by atoms with Crippen LogP contribution < -0.4 is 5.32 Å². The van der Waals surface area contributed by atoms with E-state index < -0.39 is 27.7 Å². The van der Waals surface area contributed by atoms with Gasteiger partial charge in [0.05, 0.1) is 29.3 Å². The Balaban J connectivity index is 1.16. The van der Waals surface area contributed by atoms with Crippen molar-refractivity contribution in [2.75, 3.05) is 26.2 Å². The van der Waals surface area contributed by atoms with Gasteiger partial charge >= 0.3 is 5.97 Å². The number of carbonyl (C=O) groups is 3. The van der Waals surface area contributed by atoms with E-state index in [4.69, 9.17) is 9.47 Å². The van der Waals surface area contributed by atoms with Gasteiger partial charge in [0.2, 0.25) is 10.0 Å². The summed E-state index contributed by atoms with van der Waals surface area (Å²) in [6, 6.07) is 22.5. The lowest BCUT2D eigenvalue weighted by Crippen LogP contribution is -2.48. The van der Waals surface area contributed by atoms with Crippen LogP contribution in [0, 0.1) is 0 Å². The average molecular weight is 604 g/mol. The molecule has 0 aliphatic carbocycles. The van der Waals surface area contributed by atoms with Gasteiger partial charge in [-0.15, -0.1) is 0 Å². The summed E-state index contributed by atoms with van der Waals surface area (Å²) in [6.45, 7) is 4.15. The van der Waals surface area contributed by atoms with Gasteiger partial charge in [0.25, 0.3) is 11.7 Å². The third-order valence-electron chi connectivity index (χ3n) is 7.12. The summed E-state index contributed by atoms with van der Waals surface area (Å²) < 4.78 is 40.4. The molecule has 43 heavy (non-hydrogen) atoms. The first kappa shape index (κ1) is 30.1. The number of carbonyl (C=O) groups excluding carboxylic acids is 3. The molecule has 2 atom stereocenters. The summed E-state index contributed by atoms with van der Waals surface area (Å²) in [4.78, 5) is 38.8. The van der Waals surface area contributed by atoms with Crippen LogP contribution in [0.1, 0.15) is 41.1 Å². The normalized spacial score (nSPS) is 17.4. The number of hydrogen-bond donors (Lipinski definition) is 1. The minimum Gasteiger partial charge on any atom is -0.462 e. The number of nitrogens with zero attached hydrogens (tertiary/aromatic N) is 2. The van der Waals surface area contributed by atoms with E-state index in [0.717, 1.165) is 11.1 Å². The Bertz CT molecular complexity index is 1740. The van der Waals surface area contributed by atoms with Crippen LogP contribution in [-0.2, 0) is 24.3 Å². The number of ketones is 1. The summed E-state index contributed by atoms with van der Waals surface area (Å²) in [5.74, 6) is -2.13. The number of nitrogens with one attached hydrogen (secondary N) is 1. The topological polar surface area (TPSA) is 123 Å². The molecule has 0 radical (unpaired) electrons. The SMILES string of the molecule is C[C@@H]1CN(S(=O)(=O)c2cccc(C(=O)OCCCNC(=O)C(=O)c3c(-c4ccccc4)cc4ccccn34)c2)C[C@H](C)O1. The van der Waals surface area contributed by atoms with Crippen LogP contribution in [-0.4, -0.2) is 73.2 Å². The van der Waals surface area contributed by atoms with Gasteiger partial charge < -0.3 is 19.2 Å².